The van der Waals surface area contributed by atoms with E-state index in [-0.39, 0.29) is 23.6 Å². The van der Waals surface area contributed by atoms with Gasteiger partial charge < -0.3 is 29.2 Å². The standard InChI is InChI=1S/C25H28F3N3O5/c1-14-20(23(32)36-6)21(16-9-7-8-10-17(16)25(26,27)28)30-24(31(14)2)29-13-15-11-18(33-3)22(35-5)19(12-15)34-4/h7-12,21H,13H2,1-6H3,(H,29,30). The van der Waals surface area contributed by atoms with Gasteiger partial charge in [0, 0.05) is 12.7 Å². The van der Waals surface area contributed by atoms with E-state index in [9.17, 15) is 18.0 Å². The van der Waals surface area contributed by atoms with Crippen LogP contribution in [0.3, 0.4) is 0 Å². The third-order valence-corrected chi connectivity index (χ3v) is 5.89. The number of hydrogen-bond donors (Lipinski definition) is 1. The summed E-state index contributed by atoms with van der Waals surface area (Å²) in [5.41, 5.74) is 0.207. The van der Waals surface area contributed by atoms with Crippen molar-refractivity contribution in [3.63, 3.8) is 0 Å². The fourth-order valence-electron chi connectivity index (χ4n) is 4.01. The SMILES string of the molecule is COC(=O)C1=C(C)N(C)C(=NCc2cc(OC)c(OC)c(OC)c2)NC1c1ccccc1C(F)(F)F. The molecule has 0 aromatic heterocycles. The van der Waals surface area contributed by atoms with Crippen molar-refractivity contribution in [1.29, 1.82) is 0 Å². The molecule has 0 bridgehead atoms. The number of nitrogens with zero attached hydrogens (tertiary/aromatic N) is 2. The zero-order valence-electron chi connectivity index (χ0n) is 20.8. The molecule has 1 heterocycles. The van der Waals surface area contributed by atoms with Crippen molar-refractivity contribution >= 4 is 11.9 Å². The van der Waals surface area contributed by atoms with Gasteiger partial charge in [-0.3, -0.25) is 0 Å². The van der Waals surface area contributed by atoms with E-state index in [1.807, 2.05) is 0 Å². The van der Waals surface area contributed by atoms with Crippen molar-refractivity contribution in [2.75, 3.05) is 35.5 Å². The van der Waals surface area contributed by atoms with Crippen molar-refractivity contribution < 1.29 is 36.9 Å². The summed E-state index contributed by atoms with van der Waals surface area (Å²) >= 11 is 0. The Balaban J connectivity index is 2.08. The lowest BCUT2D eigenvalue weighted by molar-refractivity contribution is -0.139. The Morgan fingerprint density at radius 1 is 1.06 bits per heavy atom. The van der Waals surface area contributed by atoms with Gasteiger partial charge >= 0.3 is 12.1 Å². The summed E-state index contributed by atoms with van der Waals surface area (Å²) < 4.78 is 62.5. The molecule has 8 nitrogen and oxygen atoms in total. The third-order valence-electron chi connectivity index (χ3n) is 5.89. The smallest absolute Gasteiger partial charge is 0.416 e. The van der Waals surface area contributed by atoms with Crippen LogP contribution in [-0.4, -0.2) is 52.3 Å². The molecule has 2 aromatic rings. The number of methoxy groups -OCH3 is 4. The summed E-state index contributed by atoms with van der Waals surface area (Å²) in [5, 5.41) is 3.01. The molecular weight excluding hydrogens is 479 g/mol. The highest BCUT2D eigenvalue weighted by atomic mass is 19.4. The van der Waals surface area contributed by atoms with Crippen LogP contribution in [0.4, 0.5) is 13.2 Å². The number of nitrogens with one attached hydrogen (secondary N) is 1. The lowest BCUT2D eigenvalue weighted by atomic mass is 9.91. The maximum absolute atomic E-state index is 13.8. The lowest BCUT2D eigenvalue weighted by Crippen LogP contribution is -2.47. The first-order valence-corrected chi connectivity index (χ1v) is 10.9. The highest BCUT2D eigenvalue weighted by Gasteiger charge is 2.40. The van der Waals surface area contributed by atoms with Crippen molar-refractivity contribution in [3.8, 4) is 17.2 Å². The molecular formula is C25H28F3N3O5. The predicted molar refractivity (Wildman–Crippen MR) is 127 cm³/mol. The van der Waals surface area contributed by atoms with Gasteiger partial charge in [-0.2, -0.15) is 13.2 Å². The van der Waals surface area contributed by atoms with Crippen LogP contribution in [0, 0.1) is 0 Å². The molecule has 194 valence electrons. The molecule has 0 fully saturated rings. The average molecular weight is 508 g/mol. The molecule has 11 heteroatoms. The lowest BCUT2D eigenvalue weighted by Gasteiger charge is -2.36. The number of aliphatic imine (C=N–C) groups is 1. The molecule has 1 unspecified atom stereocenters. The summed E-state index contributed by atoms with van der Waals surface area (Å²) in [6.07, 6.45) is -4.62. The molecule has 1 atom stereocenters. The Bertz CT molecular complexity index is 1170. The maximum Gasteiger partial charge on any atom is 0.416 e. The summed E-state index contributed by atoms with van der Waals surface area (Å²) in [6.45, 7) is 1.77. The fourth-order valence-corrected chi connectivity index (χ4v) is 4.01. The van der Waals surface area contributed by atoms with Gasteiger partial charge in [0.2, 0.25) is 5.75 Å². The number of alkyl halides is 3. The largest absolute Gasteiger partial charge is 0.493 e. The Labute approximate surface area is 207 Å². The van der Waals surface area contributed by atoms with Crippen molar-refractivity contribution in [2.45, 2.75) is 25.7 Å². The summed E-state index contributed by atoms with van der Waals surface area (Å²) in [6, 6.07) is 7.42. The van der Waals surface area contributed by atoms with E-state index in [2.05, 4.69) is 10.3 Å². The normalized spacial score (nSPS) is 17.1. The number of allylic oxidation sites excluding steroid dienone is 1. The highest BCUT2D eigenvalue weighted by Crippen LogP contribution is 2.40. The molecule has 1 aliphatic heterocycles. The highest BCUT2D eigenvalue weighted by molar-refractivity contribution is 5.96. The molecule has 0 radical (unpaired) electrons. The van der Waals surface area contributed by atoms with Crippen LogP contribution in [0.1, 0.15) is 29.7 Å². The van der Waals surface area contributed by atoms with Crippen molar-refractivity contribution in [2.24, 2.45) is 4.99 Å². The van der Waals surface area contributed by atoms with Crippen LogP contribution in [0.25, 0.3) is 0 Å². The van der Waals surface area contributed by atoms with E-state index in [0.29, 0.717) is 28.5 Å². The summed E-state index contributed by atoms with van der Waals surface area (Å²) in [5.74, 6) is 0.846. The molecule has 3 rings (SSSR count). The van der Waals surface area contributed by atoms with Crippen LogP contribution >= 0.6 is 0 Å². The molecule has 0 aliphatic carbocycles. The zero-order chi connectivity index (χ0) is 26.6. The number of ether oxygens (including phenoxy) is 4. The van der Waals surface area contributed by atoms with Gasteiger partial charge in [0.05, 0.1) is 52.2 Å². The number of hydrogen-bond acceptors (Lipinski definition) is 6. The van der Waals surface area contributed by atoms with Gasteiger partial charge in [-0.15, -0.1) is 0 Å². The minimum absolute atomic E-state index is 0.0587. The van der Waals surface area contributed by atoms with Gasteiger partial charge in [-0.05, 0) is 36.2 Å². The molecule has 0 spiro atoms. The summed E-state index contributed by atoms with van der Waals surface area (Å²) in [7, 11) is 7.33. The van der Waals surface area contributed by atoms with Gasteiger partial charge in [0.25, 0.3) is 0 Å². The Kier molecular flexibility index (Phi) is 8.01. The van der Waals surface area contributed by atoms with Crippen LogP contribution < -0.4 is 19.5 Å². The Morgan fingerprint density at radius 3 is 2.19 bits per heavy atom. The fraction of sp³-hybridized carbons (Fsp3) is 0.360. The number of carbonyl (C=O) groups excluding carboxylic acids is 1. The predicted octanol–water partition coefficient (Wildman–Crippen LogP) is 4.31. The molecule has 36 heavy (non-hydrogen) atoms. The first kappa shape index (κ1) is 26.7. The minimum Gasteiger partial charge on any atom is -0.493 e. The topological polar surface area (TPSA) is 81.6 Å². The van der Waals surface area contributed by atoms with E-state index < -0.39 is 23.8 Å². The van der Waals surface area contributed by atoms with E-state index >= 15 is 0 Å². The van der Waals surface area contributed by atoms with Crippen molar-refractivity contribution in [3.05, 3.63) is 64.4 Å². The van der Waals surface area contributed by atoms with Crippen LogP contribution in [-0.2, 0) is 22.3 Å². The second-order valence-electron chi connectivity index (χ2n) is 7.89. The number of rotatable bonds is 7. The van der Waals surface area contributed by atoms with Gasteiger partial charge in [-0.1, -0.05) is 18.2 Å². The Morgan fingerprint density at radius 2 is 1.67 bits per heavy atom. The zero-order valence-corrected chi connectivity index (χ0v) is 20.8. The first-order valence-electron chi connectivity index (χ1n) is 10.9. The van der Waals surface area contributed by atoms with Gasteiger partial charge in [0.1, 0.15) is 0 Å². The number of halogens is 3. The first-order chi connectivity index (χ1) is 17.1. The van der Waals surface area contributed by atoms with Gasteiger partial charge in [-0.25, -0.2) is 9.79 Å². The van der Waals surface area contributed by atoms with E-state index in [0.717, 1.165) is 6.07 Å². The second kappa shape index (κ2) is 10.8. The maximum atomic E-state index is 13.8. The Hall–Kier alpha value is -3.89. The molecule has 0 saturated heterocycles. The molecule has 0 saturated carbocycles. The van der Waals surface area contributed by atoms with Crippen LogP contribution in [0.2, 0.25) is 0 Å². The number of benzene rings is 2. The minimum atomic E-state index is -4.62. The third kappa shape index (κ3) is 5.19. The second-order valence-corrected chi connectivity index (χ2v) is 7.89. The van der Waals surface area contributed by atoms with Crippen molar-refractivity contribution in [1.82, 2.24) is 10.2 Å². The van der Waals surface area contributed by atoms with Gasteiger partial charge in [0.15, 0.2) is 17.5 Å². The molecule has 0 amide bonds. The number of guanidine groups is 1. The number of carbonyl (C=O) groups is 1. The van der Waals surface area contributed by atoms with E-state index in [4.69, 9.17) is 18.9 Å². The monoisotopic (exact) mass is 507 g/mol. The van der Waals surface area contributed by atoms with Crippen LogP contribution in [0.5, 0.6) is 17.2 Å². The quantitative estimate of drug-likeness (QED) is 0.560. The average Bonchev–Trinajstić information content (AvgIpc) is 2.87. The van der Waals surface area contributed by atoms with Crippen LogP contribution in [0.15, 0.2) is 52.7 Å². The molecule has 1 N–H and O–H groups in total. The van der Waals surface area contributed by atoms with E-state index in [1.165, 1.54) is 46.6 Å². The summed E-state index contributed by atoms with van der Waals surface area (Å²) in [4.78, 5) is 18.8. The molecule has 2 aromatic carbocycles. The number of esters is 1. The van der Waals surface area contributed by atoms with E-state index in [1.54, 1.807) is 31.0 Å². The molecule has 1 aliphatic rings.